The summed E-state index contributed by atoms with van der Waals surface area (Å²) >= 11 is 0. The summed E-state index contributed by atoms with van der Waals surface area (Å²) in [6.07, 6.45) is 3.34. The van der Waals surface area contributed by atoms with Crippen LogP contribution in [0.1, 0.15) is 55.2 Å². The maximum Gasteiger partial charge on any atom is 0.276 e. The van der Waals surface area contributed by atoms with E-state index < -0.39 is 0 Å². The van der Waals surface area contributed by atoms with Gasteiger partial charge >= 0.3 is 0 Å². The number of aromatic amines is 1. The molecule has 100 valence electrons. The zero-order valence-corrected chi connectivity index (χ0v) is 11.4. The SMILES string of the molecule is CCC(C)CN(C)C(=O)c1n[nH]c(C2CC2)c1N. The third-order valence-corrected chi connectivity index (χ3v) is 3.65. The van der Waals surface area contributed by atoms with Crippen LogP contribution in [0, 0.1) is 5.92 Å². The van der Waals surface area contributed by atoms with Crippen molar-refractivity contribution in [3.8, 4) is 0 Å². The van der Waals surface area contributed by atoms with E-state index in [2.05, 4.69) is 24.0 Å². The first-order chi connectivity index (χ1) is 8.54. The Kier molecular flexibility index (Phi) is 3.59. The van der Waals surface area contributed by atoms with Gasteiger partial charge in [-0.15, -0.1) is 0 Å². The van der Waals surface area contributed by atoms with E-state index in [1.54, 1.807) is 11.9 Å². The van der Waals surface area contributed by atoms with Crippen LogP contribution in [0.2, 0.25) is 0 Å². The van der Waals surface area contributed by atoms with E-state index in [0.29, 0.717) is 23.2 Å². The second kappa shape index (κ2) is 5.00. The van der Waals surface area contributed by atoms with Gasteiger partial charge in [0.1, 0.15) is 0 Å². The van der Waals surface area contributed by atoms with Crippen LogP contribution < -0.4 is 5.73 Å². The standard InChI is InChI=1S/C13H22N4O/c1-4-8(2)7-17(3)13(18)12-10(14)11(15-16-12)9-5-6-9/h8-9H,4-7,14H2,1-3H3,(H,15,16). The highest BCUT2D eigenvalue weighted by atomic mass is 16.2. The molecule has 1 saturated carbocycles. The Hall–Kier alpha value is -1.52. The molecule has 5 heteroatoms. The van der Waals surface area contributed by atoms with E-state index >= 15 is 0 Å². The summed E-state index contributed by atoms with van der Waals surface area (Å²) in [6.45, 7) is 4.99. The molecule has 1 aliphatic rings. The third-order valence-electron chi connectivity index (χ3n) is 3.65. The first-order valence-electron chi connectivity index (χ1n) is 6.63. The Morgan fingerprint density at radius 3 is 2.83 bits per heavy atom. The van der Waals surface area contributed by atoms with Gasteiger partial charge in [-0.2, -0.15) is 5.10 Å². The summed E-state index contributed by atoms with van der Waals surface area (Å²) < 4.78 is 0. The fourth-order valence-electron chi connectivity index (χ4n) is 2.07. The largest absolute Gasteiger partial charge is 0.395 e. The summed E-state index contributed by atoms with van der Waals surface area (Å²) in [5.41, 5.74) is 7.86. The lowest BCUT2D eigenvalue weighted by atomic mass is 10.1. The molecule has 1 amide bonds. The quantitative estimate of drug-likeness (QED) is 0.839. The van der Waals surface area contributed by atoms with Crippen molar-refractivity contribution in [2.45, 2.75) is 39.0 Å². The van der Waals surface area contributed by atoms with Gasteiger partial charge in [-0.1, -0.05) is 20.3 Å². The molecule has 0 bridgehead atoms. The summed E-state index contributed by atoms with van der Waals surface area (Å²) in [6, 6.07) is 0. The minimum Gasteiger partial charge on any atom is -0.395 e. The normalized spacial score (nSPS) is 16.6. The molecule has 18 heavy (non-hydrogen) atoms. The average Bonchev–Trinajstić information content (AvgIpc) is 3.12. The molecule has 1 atom stereocenters. The Balaban J connectivity index is 2.08. The molecule has 5 nitrogen and oxygen atoms in total. The monoisotopic (exact) mass is 250 g/mol. The number of carbonyl (C=O) groups excluding carboxylic acids is 1. The summed E-state index contributed by atoms with van der Waals surface area (Å²) in [5.74, 6) is 0.886. The van der Waals surface area contributed by atoms with E-state index in [1.807, 2.05) is 0 Å². The minimum absolute atomic E-state index is 0.0871. The Morgan fingerprint density at radius 1 is 1.61 bits per heavy atom. The first kappa shape index (κ1) is 12.9. The third kappa shape index (κ3) is 2.49. The molecule has 1 aliphatic carbocycles. The van der Waals surface area contributed by atoms with Gasteiger partial charge in [-0.3, -0.25) is 9.89 Å². The van der Waals surface area contributed by atoms with Gasteiger partial charge in [-0.25, -0.2) is 0 Å². The Morgan fingerprint density at radius 2 is 2.28 bits per heavy atom. The number of nitrogens with one attached hydrogen (secondary N) is 1. The predicted molar refractivity (Wildman–Crippen MR) is 71.4 cm³/mol. The lowest BCUT2D eigenvalue weighted by Crippen LogP contribution is -2.31. The molecule has 1 aromatic rings. The van der Waals surface area contributed by atoms with E-state index in [9.17, 15) is 4.79 Å². The molecular formula is C13H22N4O. The van der Waals surface area contributed by atoms with Crippen LogP contribution in [-0.4, -0.2) is 34.6 Å². The number of anilines is 1. The van der Waals surface area contributed by atoms with E-state index in [1.165, 1.54) is 0 Å². The lowest BCUT2D eigenvalue weighted by molar-refractivity contribution is 0.0770. The van der Waals surface area contributed by atoms with Crippen molar-refractivity contribution in [2.75, 3.05) is 19.3 Å². The number of amides is 1. The number of H-pyrrole nitrogens is 1. The number of nitrogens with two attached hydrogens (primary N) is 1. The van der Waals surface area contributed by atoms with Crippen molar-refractivity contribution < 1.29 is 4.79 Å². The number of aromatic nitrogens is 2. The summed E-state index contributed by atoms with van der Waals surface area (Å²) in [7, 11) is 1.80. The molecule has 2 rings (SSSR count). The highest BCUT2D eigenvalue weighted by Crippen LogP contribution is 2.42. The number of hydrogen-bond donors (Lipinski definition) is 2. The summed E-state index contributed by atoms with van der Waals surface area (Å²) in [4.78, 5) is 13.9. The number of rotatable bonds is 5. The van der Waals surface area contributed by atoms with Gasteiger partial charge in [0.05, 0.1) is 11.4 Å². The van der Waals surface area contributed by atoms with Crippen LogP contribution in [0.15, 0.2) is 0 Å². The van der Waals surface area contributed by atoms with Gasteiger partial charge in [0.15, 0.2) is 5.69 Å². The van der Waals surface area contributed by atoms with Gasteiger partial charge in [0.25, 0.3) is 5.91 Å². The maximum atomic E-state index is 12.2. The van der Waals surface area contributed by atoms with Crippen molar-refractivity contribution in [1.82, 2.24) is 15.1 Å². The van der Waals surface area contributed by atoms with Gasteiger partial charge in [-0.05, 0) is 18.8 Å². The second-order valence-corrected chi connectivity index (χ2v) is 5.37. The van der Waals surface area contributed by atoms with Crippen LogP contribution in [0.3, 0.4) is 0 Å². The molecule has 3 N–H and O–H groups in total. The molecule has 0 radical (unpaired) electrons. The van der Waals surface area contributed by atoms with E-state index in [-0.39, 0.29) is 5.91 Å². The number of nitrogen functional groups attached to an aromatic ring is 1. The fourth-order valence-corrected chi connectivity index (χ4v) is 2.07. The number of carbonyl (C=O) groups is 1. The van der Waals surface area contributed by atoms with Crippen molar-refractivity contribution in [2.24, 2.45) is 5.92 Å². The molecule has 1 heterocycles. The second-order valence-electron chi connectivity index (χ2n) is 5.37. The minimum atomic E-state index is -0.0871. The van der Waals surface area contributed by atoms with Crippen LogP contribution in [0.5, 0.6) is 0 Å². The molecule has 0 spiro atoms. The van der Waals surface area contributed by atoms with Gasteiger partial charge < -0.3 is 10.6 Å². The molecule has 1 unspecified atom stereocenters. The Bertz CT molecular complexity index is 436. The molecule has 0 aromatic carbocycles. The molecular weight excluding hydrogens is 228 g/mol. The van der Waals surface area contributed by atoms with Crippen LogP contribution >= 0.6 is 0 Å². The Labute approximate surface area is 108 Å². The van der Waals surface area contributed by atoms with Crippen molar-refractivity contribution >= 4 is 11.6 Å². The van der Waals surface area contributed by atoms with Crippen molar-refractivity contribution in [3.63, 3.8) is 0 Å². The van der Waals surface area contributed by atoms with Gasteiger partial charge in [0.2, 0.25) is 0 Å². The number of nitrogens with zero attached hydrogens (tertiary/aromatic N) is 2. The summed E-state index contributed by atoms with van der Waals surface area (Å²) in [5, 5.41) is 7.01. The van der Waals surface area contributed by atoms with E-state index in [0.717, 1.165) is 31.5 Å². The van der Waals surface area contributed by atoms with Crippen LogP contribution in [0.25, 0.3) is 0 Å². The highest BCUT2D eigenvalue weighted by molar-refractivity contribution is 5.97. The molecule has 0 aliphatic heterocycles. The molecule has 0 saturated heterocycles. The van der Waals surface area contributed by atoms with Crippen LogP contribution in [0.4, 0.5) is 5.69 Å². The van der Waals surface area contributed by atoms with Crippen LogP contribution in [-0.2, 0) is 0 Å². The van der Waals surface area contributed by atoms with Gasteiger partial charge in [0, 0.05) is 19.5 Å². The zero-order valence-electron chi connectivity index (χ0n) is 11.4. The molecule has 1 fully saturated rings. The maximum absolute atomic E-state index is 12.2. The molecule has 1 aromatic heterocycles. The highest BCUT2D eigenvalue weighted by Gasteiger charge is 2.31. The fraction of sp³-hybridized carbons (Fsp3) is 0.692. The first-order valence-corrected chi connectivity index (χ1v) is 6.63. The van der Waals surface area contributed by atoms with E-state index in [4.69, 9.17) is 5.73 Å². The number of hydrogen-bond acceptors (Lipinski definition) is 3. The van der Waals surface area contributed by atoms with Crippen molar-refractivity contribution in [3.05, 3.63) is 11.4 Å². The van der Waals surface area contributed by atoms with Crippen molar-refractivity contribution in [1.29, 1.82) is 0 Å². The lowest BCUT2D eigenvalue weighted by Gasteiger charge is -2.20. The topological polar surface area (TPSA) is 75.0 Å². The smallest absolute Gasteiger partial charge is 0.276 e. The predicted octanol–water partition coefficient (Wildman–Crippen LogP) is 1.99. The average molecular weight is 250 g/mol. The zero-order chi connectivity index (χ0) is 13.3.